The van der Waals surface area contributed by atoms with Gasteiger partial charge in [-0.05, 0) is 43.4 Å². The van der Waals surface area contributed by atoms with Crippen LogP contribution in [0.5, 0.6) is 0 Å². The Balaban J connectivity index is 1.44. The zero-order valence-electron chi connectivity index (χ0n) is 15.3. The van der Waals surface area contributed by atoms with Crippen LogP contribution in [-0.2, 0) is 25.4 Å². The molecule has 4 nitrogen and oxygen atoms in total. The summed E-state index contributed by atoms with van der Waals surface area (Å²) in [6, 6.07) is 5.10. The molecule has 7 heteroatoms. The molecule has 0 bridgehead atoms. The fourth-order valence-electron chi connectivity index (χ4n) is 4.09. The van der Waals surface area contributed by atoms with Gasteiger partial charge in [0.15, 0.2) is 0 Å². The zero-order chi connectivity index (χ0) is 19.2. The fraction of sp³-hybridized carbons (Fsp3) is 0.550. The molecule has 1 saturated carbocycles. The summed E-state index contributed by atoms with van der Waals surface area (Å²) < 4.78 is 40.9. The summed E-state index contributed by atoms with van der Waals surface area (Å²) in [5.41, 5.74) is 0.974. The van der Waals surface area contributed by atoms with Gasteiger partial charge >= 0.3 is 6.18 Å². The first kappa shape index (κ1) is 18.5. The van der Waals surface area contributed by atoms with Crippen LogP contribution in [0.15, 0.2) is 30.5 Å². The normalized spacial score (nSPS) is 20.8. The zero-order valence-corrected chi connectivity index (χ0v) is 15.3. The highest BCUT2D eigenvalue weighted by Gasteiger charge is 2.37. The van der Waals surface area contributed by atoms with Crippen molar-refractivity contribution >= 4 is 0 Å². The maximum atomic E-state index is 13.0. The van der Waals surface area contributed by atoms with E-state index in [9.17, 15) is 18.3 Å². The average molecular weight is 379 g/mol. The highest BCUT2D eigenvalue weighted by molar-refractivity contribution is 5.31. The van der Waals surface area contributed by atoms with E-state index in [0.717, 1.165) is 18.7 Å². The molecule has 2 aliphatic rings. The number of piperidine rings is 1. The van der Waals surface area contributed by atoms with Gasteiger partial charge in [-0.25, -0.2) is 0 Å². The van der Waals surface area contributed by atoms with Gasteiger partial charge in [-0.1, -0.05) is 12.1 Å². The first-order chi connectivity index (χ1) is 12.8. The van der Waals surface area contributed by atoms with Crippen molar-refractivity contribution < 1.29 is 18.3 Å². The standard InChI is InChI=1S/C20H24F3N3O/c1-25-18(14-5-6-14)15(12-24-25)13-26-9-7-19(27,8-10-26)16-3-2-4-17(11-16)20(21,22)23/h2-4,11-12,14,27H,5-10,13H2,1H3. The van der Waals surface area contributed by atoms with Gasteiger partial charge in [-0.3, -0.25) is 9.58 Å². The topological polar surface area (TPSA) is 41.3 Å². The lowest BCUT2D eigenvalue weighted by Gasteiger charge is -2.38. The highest BCUT2D eigenvalue weighted by Crippen LogP contribution is 2.42. The molecule has 0 atom stereocenters. The third-order valence-electron chi connectivity index (χ3n) is 5.83. The Bertz CT molecular complexity index is 818. The summed E-state index contributed by atoms with van der Waals surface area (Å²) in [5, 5.41) is 15.3. The summed E-state index contributed by atoms with van der Waals surface area (Å²) in [5.74, 6) is 0.610. The number of hydrogen-bond donors (Lipinski definition) is 1. The molecular formula is C20H24F3N3O. The van der Waals surface area contributed by atoms with Crippen LogP contribution in [0, 0.1) is 0 Å². The molecule has 1 aliphatic heterocycles. The van der Waals surface area contributed by atoms with Gasteiger partial charge in [0, 0.05) is 43.9 Å². The number of halogens is 3. The molecule has 1 aliphatic carbocycles. The summed E-state index contributed by atoms with van der Waals surface area (Å²) in [4.78, 5) is 2.25. The minimum Gasteiger partial charge on any atom is -0.385 e. The molecule has 4 rings (SSSR count). The Morgan fingerprint density at radius 2 is 1.93 bits per heavy atom. The van der Waals surface area contributed by atoms with Gasteiger partial charge in [-0.2, -0.15) is 18.3 Å². The molecule has 146 valence electrons. The molecule has 0 radical (unpaired) electrons. The lowest BCUT2D eigenvalue weighted by molar-refractivity contribution is -0.137. The van der Waals surface area contributed by atoms with Crippen molar-refractivity contribution in [1.29, 1.82) is 0 Å². The van der Waals surface area contributed by atoms with Crippen LogP contribution in [0.4, 0.5) is 13.2 Å². The molecule has 2 fully saturated rings. The van der Waals surface area contributed by atoms with Crippen LogP contribution < -0.4 is 0 Å². The average Bonchev–Trinajstić information content (AvgIpc) is 3.40. The Morgan fingerprint density at radius 1 is 1.22 bits per heavy atom. The Labute approximate surface area is 156 Å². The Kier molecular flexibility index (Phi) is 4.55. The van der Waals surface area contributed by atoms with E-state index in [1.165, 1.54) is 30.2 Å². The van der Waals surface area contributed by atoms with Crippen molar-refractivity contribution in [2.45, 2.75) is 49.9 Å². The van der Waals surface area contributed by atoms with Crippen molar-refractivity contribution in [3.8, 4) is 0 Å². The number of nitrogens with zero attached hydrogens (tertiary/aromatic N) is 3. The van der Waals surface area contributed by atoms with Gasteiger partial charge in [0.1, 0.15) is 0 Å². The van der Waals surface area contributed by atoms with E-state index in [0.29, 0.717) is 37.4 Å². The number of aliphatic hydroxyl groups is 1. The highest BCUT2D eigenvalue weighted by atomic mass is 19.4. The van der Waals surface area contributed by atoms with Gasteiger partial charge in [0.25, 0.3) is 0 Å². The van der Waals surface area contributed by atoms with E-state index in [4.69, 9.17) is 0 Å². The molecule has 0 unspecified atom stereocenters. The summed E-state index contributed by atoms with van der Waals surface area (Å²) >= 11 is 0. The van der Waals surface area contributed by atoms with Crippen LogP contribution in [0.25, 0.3) is 0 Å². The van der Waals surface area contributed by atoms with E-state index < -0.39 is 17.3 Å². The Morgan fingerprint density at radius 3 is 2.56 bits per heavy atom. The third kappa shape index (κ3) is 3.75. The van der Waals surface area contributed by atoms with E-state index in [2.05, 4.69) is 10.00 Å². The number of likely N-dealkylation sites (tertiary alicyclic amines) is 1. The number of hydrogen-bond acceptors (Lipinski definition) is 3. The molecule has 1 aromatic heterocycles. The Hall–Kier alpha value is -1.86. The first-order valence-corrected chi connectivity index (χ1v) is 9.39. The minimum atomic E-state index is -4.40. The quantitative estimate of drug-likeness (QED) is 0.879. The summed E-state index contributed by atoms with van der Waals surface area (Å²) in [6.45, 7) is 2.07. The maximum absolute atomic E-state index is 13.0. The van der Waals surface area contributed by atoms with Gasteiger partial charge in [-0.15, -0.1) is 0 Å². The number of aromatic nitrogens is 2. The van der Waals surface area contributed by atoms with E-state index >= 15 is 0 Å². The number of alkyl halides is 3. The lowest BCUT2D eigenvalue weighted by atomic mass is 9.83. The minimum absolute atomic E-state index is 0.358. The van der Waals surface area contributed by atoms with Crippen molar-refractivity contribution in [3.63, 3.8) is 0 Å². The van der Waals surface area contributed by atoms with Crippen LogP contribution in [0.2, 0.25) is 0 Å². The molecule has 0 amide bonds. The van der Waals surface area contributed by atoms with Crippen molar-refractivity contribution in [2.24, 2.45) is 7.05 Å². The number of rotatable bonds is 4. The molecule has 2 aromatic rings. The van der Waals surface area contributed by atoms with Crippen LogP contribution in [-0.4, -0.2) is 32.9 Å². The van der Waals surface area contributed by atoms with Crippen LogP contribution in [0.1, 0.15) is 54.0 Å². The van der Waals surface area contributed by atoms with E-state index in [-0.39, 0.29) is 0 Å². The SMILES string of the molecule is Cn1ncc(CN2CCC(O)(c3cccc(C(F)(F)F)c3)CC2)c1C1CC1. The molecule has 1 saturated heterocycles. The van der Waals surface area contributed by atoms with Gasteiger partial charge in [0.05, 0.1) is 17.4 Å². The van der Waals surface area contributed by atoms with Crippen molar-refractivity contribution in [3.05, 3.63) is 52.8 Å². The van der Waals surface area contributed by atoms with Gasteiger partial charge < -0.3 is 5.11 Å². The smallest absolute Gasteiger partial charge is 0.385 e. The number of benzene rings is 1. The predicted octanol–water partition coefficient (Wildman–Crippen LogP) is 3.80. The lowest BCUT2D eigenvalue weighted by Crippen LogP contribution is -2.42. The third-order valence-corrected chi connectivity index (χ3v) is 5.83. The molecule has 1 N–H and O–H groups in total. The molecule has 0 spiro atoms. The molecular weight excluding hydrogens is 355 g/mol. The largest absolute Gasteiger partial charge is 0.416 e. The second-order valence-corrected chi connectivity index (χ2v) is 7.84. The van der Waals surface area contributed by atoms with Gasteiger partial charge in [0.2, 0.25) is 0 Å². The van der Waals surface area contributed by atoms with Crippen LogP contribution >= 0.6 is 0 Å². The molecule has 27 heavy (non-hydrogen) atoms. The monoisotopic (exact) mass is 379 g/mol. The van der Waals surface area contributed by atoms with Crippen LogP contribution in [0.3, 0.4) is 0 Å². The second kappa shape index (κ2) is 6.63. The van der Waals surface area contributed by atoms with E-state index in [1.54, 1.807) is 6.07 Å². The van der Waals surface area contributed by atoms with Crippen molar-refractivity contribution in [2.75, 3.05) is 13.1 Å². The first-order valence-electron chi connectivity index (χ1n) is 9.39. The maximum Gasteiger partial charge on any atom is 0.416 e. The second-order valence-electron chi connectivity index (χ2n) is 7.84. The summed E-state index contributed by atoms with van der Waals surface area (Å²) in [7, 11) is 1.97. The number of aryl methyl sites for hydroxylation is 1. The molecule has 1 aromatic carbocycles. The fourth-order valence-corrected chi connectivity index (χ4v) is 4.09. The van der Waals surface area contributed by atoms with E-state index in [1.807, 2.05) is 17.9 Å². The molecule has 2 heterocycles. The predicted molar refractivity (Wildman–Crippen MR) is 95.0 cm³/mol. The summed E-state index contributed by atoms with van der Waals surface area (Å²) in [6.07, 6.45) is 0.790. The van der Waals surface area contributed by atoms with Crippen molar-refractivity contribution in [1.82, 2.24) is 14.7 Å².